The van der Waals surface area contributed by atoms with Gasteiger partial charge < -0.3 is 18.9 Å². The number of fused-ring (bicyclic) bond motifs is 1. The molecule has 0 atom stereocenters. The maximum absolute atomic E-state index is 13.2. The summed E-state index contributed by atoms with van der Waals surface area (Å²) in [6, 6.07) is 11.4. The number of rotatable bonds is 8. The van der Waals surface area contributed by atoms with Crippen molar-refractivity contribution in [2.45, 2.75) is 6.42 Å². The zero-order valence-electron chi connectivity index (χ0n) is 17.0. The van der Waals surface area contributed by atoms with Crippen molar-refractivity contribution < 1.29 is 23.3 Å². The standard InChI is InChI=1S/C23H25FN2O4/c1-27-22-15-19-20(16-23(22)29-12-2-9-26-10-13-28-14-11-26)25-8-7-21(19)30-18-5-3-17(24)4-6-18/h3-8,15-16H,2,9-14H2,1H3. The zero-order chi connectivity index (χ0) is 20.8. The average Bonchev–Trinajstić information content (AvgIpc) is 2.78. The number of hydrogen-bond acceptors (Lipinski definition) is 6. The van der Waals surface area contributed by atoms with Crippen LogP contribution in [0, 0.1) is 5.82 Å². The summed E-state index contributed by atoms with van der Waals surface area (Å²) in [4.78, 5) is 6.82. The molecule has 1 saturated heterocycles. The smallest absolute Gasteiger partial charge is 0.163 e. The van der Waals surface area contributed by atoms with Crippen LogP contribution < -0.4 is 14.2 Å². The van der Waals surface area contributed by atoms with E-state index in [0.29, 0.717) is 29.6 Å². The summed E-state index contributed by atoms with van der Waals surface area (Å²) in [7, 11) is 1.61. The van der Waals surface area contributed by atoms with Gasteiger partial charge in [-0.3, -0.25) is 9.88 Å². The number of morpholine rings is 1. The van der Waals surface area contributed by atoms with Gasteiger partial charge in [0, 0.05) is 37.3 Å². The second kappa shape index (κ2) is 9.73. The summed E-state index contributed by atoms with van der Waals surface area (Å²) < 4.78 is 36.0. The largest absolute Gasteiger partial charge is 0.493 e. The predicted octanol–water partition coefficient (Wildman–Crippen LogP) is 4.28. The molecule has 0 radical (unpaired) electrons. The van der Waals surface area contributed by atoms with Crippen LogP contribution in [-0.4, -0.2) is 56.4 Å². The molecule has 0 bridgehead atoms. The van der Waals surface area contributed by atoms with Crippen LogP contribution in [0.2, 0.25) is 0 Å². The van der Waals surface area contributed by atoms with E-state index in [1.807, 2.05) is 12.1 Å². The molecule has 0 unspecified atom stereocenters. The van der Waals surface area contributed by atoms with Gasteiger partial charge in [0.2, 0.25) is 0 Å². The molecule has 2 heterocycles. The topological polar surface area (TPSA) is 53.0 Å². The molecule has 0 saturated carbocycles. The second-order valence-corrected chi connectivity index (χ2v) is 7.04. The minimum atomic E-state index is -0.306. The molecule has 6 nitrogen and oxygen atoms in total. The number of methoxy groups -OCH3 is 1. The van der Waals surface area contributed by atoms with Crippen LogP contribution in [0.4, 0.5) is 4.39 Å². The monoisotopic (exact) mass is 412 g/mol. The fourth-order valence-electron chi connectivity index (χ4n) is 3.41. The Morgan fingerprint density at radius 3 is 2.60 bits per heavy atom. The van der Waals surface area contributed by atoms with Gasteiger partial charge in [-0.05, 0) is 42.8 Å². The van der Waals surface area contributed by atoms with Crippen molar-refractivity contribution >= 4 is 10.9 Å². The number of nitrogens with zero attached hydrogens (tertiary/aromatic N) is 2. The van der Waals surface area contributed by atoms with Gasteiger partial charge in [0.25, 0.3) is 0 Å². The van der Waals surface area contributed by atoms with E-state index in [2.05, 4.69) is 9.88 Å². The van der Waals surface area contributed by atoms with Gasteiger partial charge in [0.05, 0.1) is 32.4 Å². The highest BCUT2D eigenvalue weighted by Gasteiger charge is 2.13. The number of ether oxygens (including phenoxy) is 4. The fourth-order valence-corrected chi connectivity index (χ4v) is 3.41. The molecule has 1 aromatic heterocycles. The quantitative estimate of drug-likeness (QED) is 0.515. The zero-order valence-corrected chi connectivity index (χ0v) is 17.0. The lowest BCUT2D eigenvalue weighted by Crippen LogP contribution is -2.37. The third kappa shape index (κ3) is 4.98. The SMILES string of the molecule is COc1cc2c(Oc3ccc(F)cc3)ccnc2cc1OCCCN1CCOCC1. The van der Waals surface area contributed by atoms with Crippen LogP contribution in [0.25, 0.3) is 10.9 Å². The molecule has 2 aromatic carbocycles. The lowest BCUT2D eigenvalue weighted by atomic mass is 10.1. The van der Waals surface area contributed by atoms with E-state index in [0.717, 1.165) is 50.2 Å². The van der Waals surface area contributed by atoms with Crippen LogP contribution in [0.3, 0.4) is 0 Å². The van der Waals surface area contributed by atoms with Gasteiger partial charge in [0.15, 0.2) is 11.5 Å². The summed E-state index contributed by atoms with van der Waals surface area (Å²) in [5.41, 5.74) is 0.735. The van der Waals surface area contributed by atoms with Gasteiger partial charge in [-0.2, -0.15) is 0 Å². The molecule has 3 aromatic rings. The summed E-state index contributed by atoms with van der Waals surface area (Å²) in [6.45, 7) is 5.11. The van der Waals surface area contributed by atoms with E-state index in [-0.39, 0.29) is 5.82 Å². The maximum Gasteiger partial charge on any atom is 0.163 e. The third-order valence-corrected chi connectivity index (χ3v) is 5.01. The Kier molecular flexibility index (Phi) is 6.61. The minimum absolute atomic E-state index is 0.306. The predicted molar refractivity (Wildman–Crippen MR) is 112 cm³/mol. The number of pyridine rings is 1. The molecule has 4 rings (SSSR count). The lowest BCUT2D eigenvalue weighted by Gasteiger charge is -2.26. The molecule has 0 N–H and O–H groups in total. The van der Waals surface area contributed by atoms with Crippen molar-refractivity contribution in [3.05, 3.63) is 54.5 Å². The first-order valence-corrected chi connectivity index (χ1v) is 10.1. The number of aromatic nitrogens is 1. The number of halogens is 1. The van der Waals surface area contributed by atoms with E-state index in [9.17, 15) is 4.39 Å². The van der Waals surface area contributed by atoms with E-state index in [4.69, 9.17) is 18.9 Å². The summed E-state index contributed by atoms with van der Waals surface area (Å²) in [5, 5.41) is 0.791. The van der Waals surface area contributed by atoms with Gasteiger partial charge in [-0.15, -0.1) is 0 Å². The van der Waals surface area contributed by atoms with E-state index in [1.54, 1.807) is 31.5 Å². The highest BCUT2D eigenvalue weighted by atomic mass is 19.1. The molecular formula is C23H25FN2O4. The molecule has 1 fully saturated rings. The molecule has 7 heteroatoms. The highest BCUT2D eigenvalue weighted by Crippen LogP contribution is 2.37. The number of benzene rings is 2. The van der Waals surface area contributed by atoms with Crippen LogP contribution in [0.15, 0.2) is 48.7 Å². The third-order valence-electron chi connectivity index (χ3n) is 5.01. The Balaban J connectivity index is 1.47. The van der Waals surface area contributed by atoms with Crippen molar-refractivity contribution in [3.8, 4) is 23.0 Å². The normalized spacial score (nSPS) is 14.6. The van der Waals surface area contributed by atoms with Crippen LogP contribution in [0.1, 0.15) is 6.42 Å². The molecule has 1 aliphatic rings. The molecule has 30 heavy (non-hydrogen) atoms. The second-order valence-electron chi connectivity index (χ2n) is 7.04. The van der Waals surface area contributed by atoms with Crippen LogP contribution >= 0.6 is 0 Å². The minimum Gasteiger partial charge on any atom is -0.493 e. The summed E-state index contributed by atoms with van der Waals surface area (Å²) >= 11 is 0. The van der Waals surface area contributed by atoms with Gasteiger partial charge in [-0.25, -0.2) is 4.39 Å². The van der Waals surface area contributed by atoms with E-state index >= 15 is 0 Å². The van der Waals surface area contributed by atoms with E-state index < -0.39 is 0 Å². The van der Waals surface area contributed by atoms with Gasteiger partial charge in [-0.1, -0.05) is 0 Å². The van der Waals surface area contributed by atoms with E-state index in [1.165, 1.54) is 12.1 Å². The first-order chi connectivity index (χ1) is 14.7. The van der Waals surface area contributed by atoms with Gasteiger partial charge in [0.1, 0.15) is 17.3 Å². The van der Waals surface area contributed by atoms with Crippen LogP contribution in [0.5, 0.6) is 23.0 Å². The maximum atomic E-state index is 13.2. The average molecular weight is 412 g/mol. The summed E-state index contributed by atoms with van der Waals surface area (Å²) in [6.07, 6.45) is 2.60. The first-order valence-electron chi connectivity index (χ1n) is 10.1. The van der Waals surface area contributed by atoms with Crippen molar-refractivity contribution in [2.75, 3.05) is 46.6 Å². The lowest BCUT2D eigenvalue weighted by molar-refractivity contribution is 0.0357. The molecular weight excluding hydrogens is 387 g/mol. The molecule has 1 aliphatic heterocycles. The van der Waals surface area contributed by atoms with Crippen LogP contribution in [-0.2, 0) is 4.74 Å². The van der Waals surface area contributed by atoms with Crippen molar-refractivity contribution in [1.82, 2.24) is 9.88 Å². The molecule has 0 spiro atoms. The number of hydrogen-bond donors (Lipinski definition) is 0. The Morgan fingerprint density at radius 2 is 1.83 bits per heavy atom. The Morgan fingerprint density at radius 1 is 1.03 bits per heavy atom. The first kappa shape index (κ1) is 20.4. The molecule has 158 valence electrons. The molecule has 0 amide bonds. The van der Waals surface area contributed by atoms with Crippen molar-refractivity contribution in [3.63, 3.8) is 0 Å². The fraction of sp³-hybridized carbons (Fsp3) is 0.348. The van der Waals surface area contributed by atoms with Gasteiger partial charge >= 0.3 is 0 Å². The summed E-state index contributed by atoms with van der Waals surface area (Å²) in [5.74, 6) is 2.12. The molecule has 0 aliphatic carbocycles. The highest BCUT2D eigenvalue weighted by molar-refractivity contribution is 5.88. The van der Waals surface area contributed by atoms with Crippen molar-refractivity contribution in [1.29, 1.82) is 0 Å². The Hall–Kier alpha value is -2.90. The Bertz CT molecular complexity index is 975. The van der Waals surface area contributed by atoms with Crippen molar-refractivity contribution in [2.24, 2.45) is 0 Å². The Labute approximate surface area is 175 Å².